The number of hydrogen-bond acceptors (Lipinski definition) is 4. The molecule has 14 heteroatoms. The number of nitrogens with two attached hydrogens (primary N) is 1. The van der Waals surface area contributed by atoms with Crippen LogP contribution in [0.4, 0.5) is 13.2 Å². The van der Waals surface area contributed by atoms with E-state index < -0.39 is 44.5 Å². The summed E-state index contributed by atoms with van der Waals surface area (Å²) in [5.41, 5.74) is 7.12. The second-order valence-electron chi connectivity index (χ2n) is 9.15. The fourth-order valence-electron chi connectivity index (χ4n) is 4.14. The molecule has 1 heterocycles. The average molecular weight is 619 g/mol. The normalized spacial score (nSPS) is 16.6. The maximum absolute atomic E-state index is 13.2. The molecule has 4 rings (SSSR count). The number of carbonyl (C=O) groups excluding carboxylic acids is 1. The Labute approximate surface area is 245 Å². The maximum atomic E-state index is 13.2. The number of nitrogens with one attached hydrogen (secondary N) is 1. The number of aliphatic imine (C=N–C) groups is 1. The molecule has 0 bridgehead atoms. The smallest absolute Gasteiger partial charge is 0.369 e. The van der Waals surface area contributed by atoms with Gasteiger partial charge in [-0.25, -0.2) is 5.01 Å². The number of sulfonamides is 1. The van der Waals surface area contributed by atoms with Gasteiger partial charge in [-0.3, -0.25) is 10.1 Å². The van der Waals surface area contributed by atoms with Gasteiger partial charge in [0, 0.05) is 23.9 Å². The predicted octanol–water partition coefficient (Wildman–Crippen LogP) is 5.14. The second-order valence-corrected chi connectivity index (χ2v) is 11.2. The zero-order valence-electron chi connectivity index (χ0n) is 22.2. The van der Waals surface area contributed by atoms with E-state index in [4.69, 9.17) is 22.4 Å². The minimum atomic E-state index is -4.65. The van der Waals surface area contributed by atoms with E-state index in [9.17, 15) is 26.4 Å². The highest BCUT2D eigenvalue weighted by Gasteiger charge is 2.32. The quantitative estimate of drug-likeness (QED) is 0.302. The molecule has 1 unspecified atom stereocenters. The molecule has 3 aromatic carbocycles. The molecule has 0 aliphatic carbocycles. The topological polar surface area (TPSA) is 130 Å². The maximum Gasteiger partial charge on any atom is 0.416 e. The Morgan fingerprint density at radius 1 is 1.07 bits per heavy atom. The first-order valence-corrected chi connectivity index (χ1v) is 14.5. The van der Waals surface area contributed by atoms with Gasteiger partial charge in [0.05, 0.1) is 16.2 Å². The zero-order chi connectivity index (χ0) is 30.5. The Hall–Kier alpha value is -4.23. The molecule has 0 fully saturated rings. The van der Waals surface area contributed by atoms with Gasteiger partial charge in [0.25, 0.3) is 16.0 Å². The number of rotatable bonds is 5. The van der Waals surface area contributed by atoms with Crippen molar-refractivity contribution in [3.63, 3.8) is 0 Å². The molecular weight excluding hydrogens is 593 g/mol. The van der Waals surface area contributed by atoms with Crippen molar-refractivity contribution in [2.45, 2.75) is 36.8 Å². The molecular formula is C28H26ClF3N6O3S. The van der Waals surface area contributed by atoms with Gasteiger partial charge in [-0.2, -0.15) is 31.7 Å². The second kappa shape index (κ2) is 12.7. The highest BCUT2D eigenvalue weighted by molar-refractivity contribution is 7.90. The minimum Gasteiger partial charge on any atom is -0.369 e. The van der Waals surface area contributed by atoms with E-state index in [1.807, 2.05) is 30.3 Å². The third-order valence-electron chi connectivity index (χ3n) is 6.25. The molecule has 1 atom stereocenters. The zero-order valence-corrected chi connectivity index (χ0v) is 23.8. The van der Waals surface area contributed by atoms with Crippen LogP contribution in [0.3, 0.4) is 0 Å². The van der Waals surface area contributed by atoms with E-state index in [1.165, 1.54) is 5.01 Å². The number of hydrazone groups is 1. The van der Waals surface area contributed by atoms with Gasteiger partial charge in [-0.05, 0) is 53.9 Å². The van der Waals surface area contributed by atoms with Gasteiger partial charge >= 0.3 is 6.18 Å². The Bertz CT molecular complexity index is 1630. The van der Waals surface area contributed by atoms with E-state index in [0.29, 0.717) is 34.9 Å². The lowest BCUT2D eigenvalue weighted by atomic mass is 9.86. The molecule has 3 aromatic rings. The Morgan fingerprint density at radius 2 is 1.71 bits per heavy atom. The highest BCUT2D eigenvalue weighted by Crippen LogP contribution is 2.32. The van der Waals surface area contributed by atoms with Crippen LogP contribution in [-0.4, -0.2) is 43.5 Å². The lowest BCUT2D eigenvalue weighted by Gasteiger charge is -2.30. The summed E-state index contributed by atoms with van der Waals surface area (Å²) in [5, 5.41) is 8.78. The number of hydrogen-bond donors (Lipinski definition) is 2. The van der Waals surface area contributed by atoms with Gasteiger partial charge in [0.2, 0.25) is 11.9 Å². The van der Waals surface area contributed by atoms with Gasteiger partial charge in [-0.15, -0.1) is 4.40 Å². The van der Waals surface area contributed by atoms with Crippen molar-refractivity contribution in [2.24, 2.45) is 20.2 Å². The monoisotopic (exact) mass is 618 g/mol. The summed E-state index contributed by atoms with van der Waals surface area (Å²) in [7, 11) is -4.59. The lowest BCUT2D eigenvalue weighted by Crippen LogP contribution is -2.40. The van der Waals surface area contributed by atoms with E-state index in [-0.39, 0.29) is 18.9 Å². The first kappa shape index (κ1) is 30.7. The molecule has 0 aromatic heterocycles. The molecule has 0 saturated carbocycles. The van der Waals surface area contributed by atoms with E-state index in [2.05, 4.69) is 14.7 Å². The fourth-order valence-corrected chi connectivity index (χ4v) is 5.20. The van der Waals surface area contributed by atoms with Crippen molar-refractivity contribution in [2.75, 3.05) is 6.54 Å². The van der Waals surface area contributed by atoms with Crippen LogP contribution in [-0.2, 0) is 21.0 Å². The molecule has 1 aliphatic rings. The average Bonchev–Trinajstić information content (AvgIpc) is 2.97. The van der Waals surface area contributed by atoms with Gasteiger partial charge < -0.3 is 5.73 Å². The summed E-state index contributed by atoms with van der Waals surface area (Å²) in [6.07, 6.45) is -4.11. The first-order valence-electron chi connectivity index (χ1n) is 12.7. The number of nitrogens with zero attached hydrogens (tertiary/aromatic N) is 4. The van der Waals surface area contributed by atoms with E-state index in [1.54, 1.807) is 31.2 Å². The number of guanidine groups is 2. The van der Waals surface area contributed by atoms with E-state index >= 15 is 0 Å². The molecule has 0 radical (unpaired) electrons. The number of carbonyl (C=O) groups is 1. The Balaban J connectivity index is 1.82. The third kappa shape index (κ3) is 7.53. The van der Waals surface area contributed by atoms with Crippen LogP contribution >= 0.6 is 11.6 Å². The van der Waals surface area contributed by atoms with Crippen molar-refractivity contribution >= 4 is 45.2 Å². The molecule has 9 nitrogen and oxygen atoms in total. The van der Waals surface area contributed by atoms with Crippen LogP contribution in [0, 0.1) is 0 Å². The summed E-state index contributed by atoms with van der Waals surface area (Å²) >= 11 is 6.09. The molecule has 1 aliphatic heterocycles. The van der Waals surface area contributed by atoms with Crippen LogP contribution in [0.15, 0.2) is 98.2 Å². The number of benzene rings is 3. The van der Waals surface area contributed by atoms with Crippen molar-refractivity contribution in [1.29, 1.82) is 0 Å². The van der Waals surface area contributed by atoms with Crippen LogP contribution < -0.4 is 11.1 Å². The number of alkyl halides is 3. The largest absolute Gasteiger partial charge is 0.416 e. The fraction of sp³-hybridized carbons (Fsp3) is 0.214. The summed E-state index contributed by atoms with van der Waals surface area (Å²) < 4.78 is 69.3. The summed E-state index contributed by atoms with van der Waals surface area (Å²) in [4.78, 5) is 15.4. The summed E-state index contributed by atoms with van der Waals surface area (Å²) in [5.74, 6) is -1.58. The predicted molar refractivity (Wildman–Crippen MR) is 155 cm³/mol. The van der Waals surface area contributed by atoms with Gasteiger partial charge in [0.15, 0.2) is 0 Å². The van der Waals surface area contributed by atoms with Gasteiger partial charge in [-0.1, -0.05) is 61.0 Å². The van der Waals surface area contributed by atoms with E-state index in [0.717, 1.165) is 17.7 Å². The van der Waals surface area contributed by atoms with Crippen LogP contribution in [0.25, 0.3) is 0 Å². The summed E-state index contributed by atoms with van der Waals surface area (Å²) in [6, 6.07) is 19.4. The SMILES string of the molecule is CCC(=O)N/C(N)=N/C(=N\S(=O)(=O)c1ccc(C(F)(F)F)cc1)N1CCC(c2ccccc2)C(c2ccc(Cl)cc2)=N1. The summed E-state index contributed by atoms with van der Waals surface area (Å²) in [6.45, 7) is 1.74. The van der Waals surface area contributed by atoms with Gasteiger partial charge in [0.1, 0.15) is 0 Å². The number of amides is 1. The third-order valence-corrected chi connectivity index (χ3v) is 7.77. The van der Waals surface area contributed by atoms with Crippen molar-refractivity contribution in [3.05, 3.63) is 101 Å². The molecule has 0 spiro atoms. The van der Waals surface area contributed by atoms with Crippen molar-refractivity contribution < 1.29 is 26.4 Å². The first-order chi connectivity index (χ1) is 19.9. The molecule has 1 amide bonds. The number of halogens is 4. The van der Waals surface area contributed by atoms with Crippen LogP contribution in [0.2, 0.25) is 5.02 Å². The lowest BCUT2D eigenvalue weighted by molar-refractivity contribution is -0.137. The minimum absolute atomic E-state index is 0.0773. The molecule has 0 saturated heterocycles. The van der Waals surface area contributed by atoms with Crippen LogP contribution in [0.1, 0.15) is 42.4 Å². The van der Waals surface area contributed by atoms with Crippen molar-refractivity contribution in [1.82, 2.24) is 10.3 Å². The molecule has 220 valence electrons. The Morgan fingerprint density at radius 3 is 2.31 bits per heavy atom. The molecule has 3 N–H and O–H groups in total. The van der Waals surface area contributed by atoms with Crippen molar-refractivity contribution in [3.8, 4) is 0 Å². The standard InChI is InChI=1S/C28H26ClF3N6O3S/c1-2-24(39)34-26(33)35-27(37-42(40,41)22-14-10-20(11-15-22)28(30,31)32)38-17-16-23(18-6-4-3-5-7-18)25(36-38)19-8-12-21(29)13-9-19/h3-15,23H,2,16-17H2,1H3,(H3,33,34,35,37,39). The van der Waals surface area contributed by atoms with Crippen LogP contribution in [0.5, 0.6) is 0 Å². The Kier molecular flexibility index (Phi) is 9.32. The highest BCUT2D eigenvalue weighted by atomic mass is 35.5. The molecule has 42 heavy (non-hydrogen) atoms.